The fourth-order valence-corrected chi connectivity index (χ4v) is 2.89. The molecule has 0 spiro atoms. The largest absolute Gasteiger partial charge is 0.398 e. The molecule has 0 radical (unpaired) electrons. The predicted molar refractivity (Wildman–Crippen MR) is 73.4 cm³/mol. The number of carbonyl (C=O) groups is 1. The van der Waals surface area contributed by atoms with Gasteiger partial charge in [0.15, 0.2) is 0 Å². The fourth-order valence-electron chi connectivity index (χ4n) is 1.48. The van der Waals surface area contributed by atoms with Crippen molar-refractivity contribution < 1.29 is 4.79 Å². The zero-order valence-corrected chi connectivity index (χ0v) is 11.3. The van der Waals surface area contributed by atoms with Crippen molar-refractivity contribution >= 4 is 46.0 Å². The van der Waals surface area contributed by atoms with Crippen molar-refractivity contribution in [2.24, 2.45) is 0 Å². The van der Waals surface area contributed by atoms with E-state index in [0.717, 1.165) is 5.56 Å². The van der Waals surface area contributed by atoms with Gasteiger partial charge in [-0.05, 0) is 30.7 Å². The summed E-state index contributed by atoms with van der Waals surface area (Å²) >= 11 is 13.2. The highest BCUT2D eigenvalue weighted by Gasteiger charge is 2.18. The Kier molecular flexibility index (Phi) is 3.43. The van der Waals surface area contributed by atoms with Crippen LogP contribution in [0, 0.1) is 6.92 Å². The van der Waals surface area contributed by atoms with E-state index >= 15 is 0 Å². The minimum Gasteiger partial charge on any atom is -0.398 e. The first-order valence-electron chi connectivity index (χ1n) is 4.85. The van der Waals surface area contributed by atoms with E-state index in [4.69, 9.17) is 28.9 Å². The Balaban J connectivity index is 2.51. The first-order valence-corrected chi connectivity index (χ1v) is 6.42. The smallest absolute Gasteiger partial charge is 0.206 e. The number of hydrogen-bond acceptors (Lipinski definition) is 3. The highest BCUT2D eigenvalue weighted by molar-refractivity contribution is 7.18. The number of benzene rings is 1. The normalized spacial score (nSPS) is 10.5. The SMILES string of the molecule is Cc1cc(C(=O)c2c(N)cccc2Cl)sc1Cl. The molecule has 0 aliphatic carbocycles. The molecule has 5 heteroatoms. The summed E-state index contributed by atoms with van der Waals surface area (Å²) in [6.07, 6.45) is 0. The van der Waals surface area contributed by atoms with Crippen LogP contribution in [0.15, 0.2) is 24.3 Å². The van der Waals surface area contributed by atoms with E-state index in [-0.39, 0.29) is 5.78 Å². The minimum absolute atomic E-state index is 0.187. The molecule has 0 saturated heterocycles. The second-order valence-corrected chi connectivity index (χ2v) is 5.66. The molecule has 88 valence electrons. The third-order valence-electron chi connectivity index (χ3n) is 2.35. The van der Waals surface area contributed by atoms with Gasteiger partial charge in [-0.2, -0.15) is 0 Å². The third-order valence-corrected chi connectivity index (χ3v) is 4.22. The lowest BCUT2D eigenvalue weighted by Gasteiger charge is -2.04. The van der Waals surface area contributed by atoms with Crippen molar-refractivity contribution in [2.75, 3.05) is 5.73 Å². The van der Waals surface area contributed by atoms with Crippen LogP contribution in [0.4, 0.5) is 5.69 Å². The molecule has 0 amide bonds. The van der Waals surface area contributed by atoms with Crippen LogP contribution in [0.25, 0.3) is 0 Å². The second kappa shape index (κ2) is 4.69. The number of nitrogen functional groups attached to an aromatic ring is 1. The quantitative estimate of drug-likeness (QED) is 0.665. The van der Waals surface area contributed by atoms with E-state index in [1.807, 2.05) is 6.92 Å². The van der Waals surface area contributed by atoms with Gasteiger partial charge in [0.2, 0.25) is 5.78 Å². The van der Waals surface area contributed by atoms with Gasteiger partial charge in [-0.15, -0.1) is 11.3 Å². The zero-order chi connectivity index (χ0) is 12.6. The average Bonchev–Trinajstić information content (AvgIpc) is 2.59. The number of nitrogens with two attached hydrogens (primary N) is 1. The summed E-state index contributed by atoms with van der Waals surface area (Å²) < 4.78 is 0.610. The van der Waals surface area contributed by atoms with E-state index in [2.05, 4.69) is 0 Å². The van der Waals surface area contributed by atoms with E-state index in [0.29, 0.717) is 25.5 Å². The lowest BCUT2D eigenvalue weighted by atomic mass is 10.1. The van der Waals surface area contributed by atoms with Gasteiger partial charge in [0.25, 0.3) is 0 Å². The summed E-state index contributed by atoms with van der Waals surface area (Å²) in [5.41, 5.74) is 7.37. The van der Waals surface area contributed by atoms with Gasteiger partial charge in [0, 0.05) is 5.69 Å². The maximum Gasteiger partial charge on any atom is 0.206 e. The molecule has 0 saturated carbocycles. The van der Waals surface area contributed by atoms with Gasteiger partial charge in [-0.3, -0.25) is 4.79 Å². The van der Waals surface area contributed by atoms with Gasteiger partial charge >= 0.3 is 0 Å². The van der Waals surface area contributed by atoms with Crippen molar-refractivity contribution in [1.29, 1.82) is 0 Å². The van der Waals surface area contributed by atoms with Crippen molar-refractivity contribution in [3.05, 3.63) is 49.6 Å². The predicted octanol–water partition coefficient (Wildman–Crippen LogP) is 4.18. The first-order chi connectivity index (χ1) is 8.00. The Morgan fingerprint density at radius 2 is 2.06 bits per heavy atom. The molecule has 2 nitrogen and oxygen atoms in total. The number of rotatable bonds is 2. The molecule has 2 aromatic rings. The molecule has 1 heterocycles. The van der Waals surface area contributed by atoms with Crippen LogP contribution in [0.2, 0.25) is 9.36 Å². The molecule has 1 aromatic carbocycles. The molecule has 0 aliphatic rings. The van der Waals surface area contributed by atoms with Crippen LogP contribution in [-0.4, -0.2) is 5.78 Å². The molecule has 17 heavy (non-hydrogen) atoms. The first kappa shape index (κ1) is 12.4. The Morgan fingerprint density at radius 3 is 2.59 bits per heavy atom. The van der Waals surface area contributed by atoms with Crippen molar-refractivity contribution in [3.63, 3.8) is 0 Å². The summed E-state index contributed by atoms with van der Waals surface area (Å²) in [6, 6.07) is 6.76. The fraction of sp³-hybridized carbons (Fsp3) is 0.0833. The van der Waals surface area contributed by atoms with E-state index in [9.17, 15) is 4.79 Å². The Bertz CT molecular complexity index is 552. The zero-order valence-electron chi connectivity index (χ0n) is 8.96. The highest BCUT2D eigenvalue weighted by atomic mass is 35.5. The monoisotopic (exact) mass is 285 g/mol. The number of carbonyl (C=O) groups excluding carboxylic acids is 1. The van der Waals surface area contributed by atoms with E-state index < -0.39 is 0 Å². The van der Waals surface area contributed by atoms with Gasteiger partial charge in [0.05, 0.1) is 19.8 Å². The second-order valence-electron chi connectivity index (χ2n) is 3.60. The van der Waals surface area contributed by atoms with Crippen LogP contribution in [0.3, 0.4) is 0 Å². The molecule has 0 aliphatic heterocycles. The van der Waals surface area contributed by atoms with Crippen molar-refractivity contribution in [3.8, 4) is 0 Å². The summed E-state index contributed by atoms with van der Waals surface area (Å²) in [6.45, 7) is 1.85. The maximum absolute atomic E-state index is 12.2. The average molecular weight is 286 g/mol. The third kappa shape index (κ3) is 2.32. The van der Waals surface area contributed by atoms with Gasteiger partial charge in [-0.1, -0.05) is 29.3 Å². The van der Waals surface area contributed by atoms with Crippen LogP contribution in [0.5, 0.6) is 0 Å². The van der Waals surface area contributed by atoms with Gasteiger partial charge in [0.1, 0.15) is 0 Å². The van der Waals surface area contributed by atoms with Gasteiger partial charge < -0.3 is 5.73 Å². The van der Waals surface area contributed by atoms with Crippen LogP contribution >= 0.6 is 34.5 Å². The Labute approximate surface area is 113 Å². The standard InChI is InChI=1S/C12H9Cl2NOS/c1-6-5-9(17-12(6)14)11(16)10-7(13)3-2-4-8(10)15/h2-5H,15H2,1H3. The topological polar surface area (TPSA) is 43.1 Å². The van der Waals surface area contributed by atoms with E-state index in [1.54, 1.807) is 24.3 Å². The molecule has 0 unspecified atom stereocenters. The number of ketones is 1. The number of halogens is 2. The molecule has 2 N–H and O–H groups in total. The minimum atomic E-state index is -0.187. The number of anilines is 1. The highest BCUT2D eigenvalue weighted by Crippen LogP contribution is 2.31. The Morgan fingerprint density at radius 1 is 1.35 bits per heavy atom. The van der Waals surface area contributed by atoms with Crippen molar-refractivity contribution in [2.45, 2.75) is 6.92 Å². The number of aryl methyl sites for hydroxylation is 1. The molecule has 0 bridgehead atoms. The molecular weight excluding hydrogens is 277 g/mol. The van der Waals surface area contributed by atoms with Gasteiger partial charge in [-0.25, -0.2) is 0 Å². The molecule has 2 rings (SSSR count). The number of hydrogen-bond donors (Lipinski definition) is 1. The maximum atomic E-state index is 12.2. The molecular formula is C12H9Cl2NOS. The van der Waals surface area contributed by atoms with Crippen LogP contribution in [0.1, 0.15) is 20.8 Å². The lowest BCUT2D eigenvalue weighted by molar-refractivity contribution is 0.104. The summed E-state index contributed by atoms with van der Waals surface area (Å²) in [4.78, 5) is 12.8. The Hall–Kier alpha value is -1.03. The van der Waals surface area contributed by atoms with Crippen LogP contribution < -0.4 is 5.73 Å². The lowest BCUT2D eigenvalue weighted by Crippen LogP contribution is -2.04. The van der Waals surface area contributed by atoms with E-state index in [1.165, 1.54) is 11.3 Å². The summed E-state index contributed by atoms with van der Waals surface area (Å²) in [5.74, 6) is -0.187. The molecule has 0 atom stereocenters. The molecule has 0 fully saturated rings. The van der Waals surface area contributed by atoms with Crippen molar-refractivity contribution in [1.82, 2.24) is 0 Å². The summed E-state index contributed by atoms with van der Waals surface area (Å²) in [5, 5.41) is 0.358. The molecule has 1 aromatic heterocycles. The number of thiophene rings is 1. The van der Waals surface area contributed by atoms with Crippen LogP contribution in [-0.2, 0) is 0 Å². The summed E-state index contributed by atoms with van der Waals surface area (Å²) in [7, 11) is 0.